The Morgan fingerprint density at radius 1 is 1.06 bits per heavy atom. The van der Waals surface area contributed by atoms with Crippen LogP contribution in [0.4, 0.5) is 4.39 Å². The molecule has 4 rings (SSSR count). The Labute approximate surface area is 197 Å². The van der Waals surface area contributed by atoms with Crippen LogP contribution >= 0.6 is 0 Å². The van der Waals surface area contributed by atoms with Crippen molar-refractivity contribution in [3.8, 4) is 11.5 Å². The SMILES string of the molecule is COc1ccc([C@H]2C(=C(O)c3ccc(F)cc3)C(=O)C(=O)N2CCN2CCOCC2)c(OC)c1. The van der Waals surface area contributed by atoms with Crippen LogP contribution in [0.5, 0.6) is 11.5 Å². The Bertz CT molecular complexity index is 1100. The summed E-state index contributed by atoms with van der Waals surface area (Å²) in [6.07, 6.45) is 0. The summed E-state index contributed by atoms with van der Waals surface area (Å²) < 4.78 is 29.7. The third kappa shape index (κ3) is 4.62. The number of carbonyl (C=O) groups excluding carboxylic acids is 2. The molecule has 1 atom stereocenters. The fraction of sp³-hybridized carbons (Fsp3) is 0.360. The number of ether oxygens (including phenoxy) is 3. The monoisotopic (exact) mass is 470 g/mol. The van der Waals surface area contributed by atoms with Crippen molar-refractivity contribution in [3.63, 3.8) is 0 Å². The summed E-state index contributed by atoms with van der Waals surface area (Å²) in [5.74, 6) is -1.39. The van der Waals surface area contributed by atoms with Gasteiger partial charge in [-0.25, -0.2) is 4.39 Å². The van der Waals surface area contributed by atoms with Crippen LogP contribution in [0.3, 0.4) is 0 Å². The molecule has 9 heteroatoms. The molecule has 2 aromatic carbocycles. The number of halogens is 1. The summed E-state index contributed by atoms with van der Waals surface area (Å²) in [5, 5.41) is 11.1. The van der Waals surface area contributed by atoms with Crippen molar-refractivity contribution in [2.24, 2.45) is 0 Å². The summed E-state index contributed by atoms with van der Waals surface area (Å²) in [6.45, 7) is 3.50. The zero-order valence-electron chi connectivity index (χ0n) is 19.1. The van der Waals surface area contributed by atoms with Crippen LogP contribution in [0.2, 0.25) is 0 Å². The molecule has 0 unspecified atom stereocenters. The summed E-state index contributed by atoms with van der Waals surface area (Å²) in [7, 11) is 3.01. The molecule has 2 aliphatic rings. The normalized spacial score (nSPS) is 20.6. The predicted octanol–water partition coefficient (Wildman–Crippen LogP) is 2.60. The number of benzene rings is 2. The van der Waals surface area contributed by atoms with E-state index >= 15 is 0 Å². The summed E-state index contributed by atoms with van der Waals surface area (Å²) >= 11 is 0. The van der Waals surface area contributed by atoms with Gasteiger partial charge in [0.25, 0.3) is 11.7 Å². The third-order valence-electron chi connectivity index (χ3n) is 6.15. The second-order valence-electron chi connectivity index (χ2n) is 8.06. The molecule has 180 valence electrons. The molecule has 0 aromatic heterocycles. The molecular formula is C25H27FN2O6. The summed E-state index contributed by atoms with van der Waals surface area (Å²) in [5.41, 5.74) is 0.709. The van der Waals surface area contributed by atoms with E-state index in [0.29, 0.717) is 36.8 Å². The molecule has 0 spiro atoms. The molecule has 0 radical (unpaired) electrons. The Morgan fingerprint density at radius 2 is 1.76 bits per heavy atom. The van der Waals surface area contributed by atoms with Gasteiger partial charge in [-0.15, -0.1) is 0 Å². The van der Waals surface area contributed by atoms with Crippen LogP contribution in [0.15, 0.2) is 48.0 Å². The number of amides is 1. The van der Waals surface area contributed by atoms with Crippen molar-refractivity contribution >= 4 is 17.4 Å². The molecule has 2 aliphatic heterocycles. The first-order chi connectivity index (χ1) is 16.4. The average Bonchev–Trinajstić information content (AvgIpc) is 3.12. The van der Waals surface area contributed by atoms with Gasteiger partial charge in [0.2, 0.25) is 0 Å². The molecule has 34 heavy (non-hydrogen) atoms. The maximum Gasteiger partial charge on any atom is 0.295 e. The second-order valence-corrected chi connectivity index (χ2v) is 8.06. The highest BCUT2D eigenvalue weighted by Crippen LogP contribution is 2.43. The van der Waals surface area contributed by atoms with Crippen LogP contribution < -0.4 is 9.47 Å². The number of morpholine rings is 1. The molecule has 0 bridgehead atoms. The van der Waals surface area contributed by atoms with Gasteiger partial charge in [-0.2, -0.15) is 0 Å². The zero-order valence-corrected chi connectivity index (χ0v) is 19.1. The van der Waals surface area contributed by atoms with Gasteiger partial charge in [0.15, 0.2) is 0 Å². The van der Waals surface area contributed by atoms with Gasteiger partial charge in [-0.05, 0) is 36.4 Å². The summed E-state index contributed by atoms with van der Waals surface area (Å²) in [6, 6.07) is 9.31. The van der Waals surface area contributed by atoms with Crippen molar-refractivity contribution in [2.45, 2.75) is 6.04 Å². The van der Waals surface area contributed by atoms with E-state index in [-0.39, 0.29) is 23.4 Å². The van der Waals surface area contributed by atoms with Crippen LogP contribution in [-0.2, 0) is 14.3 Å². The highest BCUT2D eigenvalue weighted by atomic mass is 19.1. The highest BCUT2D eigenvalue weighted by molar-refractivity contribution is 6.46. The number of likely N-dealkylation sites (tertiary alicyclic amines) is 1. The number of nitrogens with zero attached hydrogens (tertiary/aromatic N) is 2. The van der Waals surface area contributed by atoms with Crippen molar-refractivity contribution in [2.75, 3.05) is 53.6 Å². The number of hydrogen-bond donors (Lipinski definition) is 1. The van der Waals surface area contributed by atoms with Gasteiger partial charge in [-0.3, -0.25) is 14.5 Å². The van der Waals surface area contributed by atoms with E-state index in [4.69, 9.17) is 14.2 Å². The minimum absolute atomic E-state index is 0.0675. The highest BCUT2D eigenvalue weighted by Gasteiger charge is 2.47. The maximum atomic E-state index is 13.4. The van der Waals surface area contributed by atoms with E-state index in [0.717, 1.165) is 13.1 Å². The Hall–Kier alpha value is -3.43. The fourth-order valence-corrected chi connectivity index (χ4v) is 4.32. The first-order valence-electron chi connectivity index (χ1n) is 11.0. The van der Waals surface area contributed by atoms with E-state index in [1.807, 2.05) is 0 Å². The molecule has 2 fully saturated rings. The molecule has 1 N–H and O–H groups in total. The fourth-order valence-electron chi connectivity index (χ4n) is 4.32. The Morgan fingerprint density at radius 3 is 2.41 bits per heavy atom. The smallest absolute Gasteiger partial charge is 0.295 e. The number of rotatable bonds is 7. The Balaban J connectivity index is 1.79. The maximum absolute atomic E-state index is 13.4. The Kier molecular flexibility index (Phi) is 7.14. The van der Waals surface area contributed by atoms with Gasteiger partial charge in [-0.1, -0.05) is 0 Å². The molecule has 1 amide bonds. The minimum Gasteiger partial charge on any atom is -0.507 e. The number of methoxy groups -OCH3 is 2. The second kappa shape index (κ2) is 10.2. The van der Waals surface area contributed by atoms with Crippen molar-refractivity contribution in [1.29, 1.82) is 0 Å². The molecule has 2 aromatic rings. The van der Waals surface area contributed by atoms with E-state index in [2.05, 4.69) is 4.90 Å². The molecule has 2 heterocycles. The van der Waals surface area contributed by atoms with Crippen LogP contribution in [0, 0.1) is 5.82 Å². The van der Waals surface area contributed by atoms with Gasteiger partial charge in [0.05, 0.1) is 39.0 Å². The molecule has 0 aliphatic carbocycles. The van der Waals surface area contributed by atoms with Crippen LogP contribution in [0.25, 0.3) is 5.76 Å². The first kappa shape index (κ1) is 23.7. The van der Waals surface area contributed by atoms with Crippen LogP contribution in [-0.4, -0.2) is 80.2 Å². The molecule has 8 nitrogen and oxygen atoms in total. The van der Waals surface area contributed by atoms with E-state index in [1.165, 1.54) is 43.4 Å². The molecular weight excluding hydrogens is 443 g/mol. The molecule has 2 saturated heterocycles. The van der Waals surface area contributed by atoms with E-state index in [9.17, 15) is 19.1 Å². The number of aliphatic hydroxyl groups excluding tert-OH is 1. The number of hydrogen-bond acceptors (Lipinski definition) is 7. The van der Waals surface area contributed by atoms with Crippen molar-refractivity contribution in [1.82, 2.24) is 9.80 Å². The minimum atomic E-state index is -0.882. The average molecular weight is 470 g/mol. The van der Waals surface area contributed by atoms with Gasteiger partial charge in [0, 0.05) is 43.4 Å². The number of aliphatic hydroxyl groups is 1. The van der Waals surface area contributed by atoms with Crippen LogP contribution in [0.1, 0.15) is 17.2 Å². The lowest BCUT2D eigenvalue weighted by atomic mass is 9.94. The zero-order chi connectivity index (χ0) is 24.2. The number of carbonyl (C=O) groups is 2. The van der Waals surface area contributed by atoms with E-state index < -0.39 is 23.5 Å². The topological polar surface area (TPSA) is 88.5 Å². The van der Waals surface area contributed by atoms with Gasteiger partial charge in [0.1, 0.15) is 23.1 Å². The summed E-state index contributed by atoms with van der Waals surface area (Å²) in [4.78, 5) is 29.9. The lowest BCUT2D eigenvalue weighted by molar-refractivity contribution is -0.140. The third-order valence-corrected chi connectivity index (χ3v) is 6.15. The largest absolute Gasteiger partial charge is 0.507 e. The lowest BCUT2D eigenvalue weighted by Crippen LogP contribution is -2.42. The quantitative estimate of drug-likeness (QED) is 0.378. The predicted molar refractivity (Wildman–Crippen MR) is 122 cm³/mol. The van der Waals surface area contributed by atoms with Crippen molar-refractivity contribution in [3.05, 3.63) is 65.0 Å². The molecule has 0 saturated carbocycles. The van der Waals surface area contributed by atoms with Gasteiger partial charge >= 0.3 is 0 Å². The number of ketones is 1. The standard InChI is InChI=1S/C25H27FN2O6/c1-32-18-7-8-19(20(15-18)33-2)22-21(23(29)16-3-5-17(26)6-4-16)24(30)25(31)28(22)10-9-27-11-13-34-14-12-27/h3-8,15,22,29H,9-14H2,1-2H3/t22-/m0/s1. The van der Waals surface area contributed by atoms with E-state index in [1.54, 1.807) is 18.2 Å². The van der Waals surface area contributed by atoms with Crippen molar-refractivity contribution < 1.29 is 33.3 Å². The van der Waals surface area contributed by atoms with Gasteiger partial charge < -0.3 is 24.2 Å². The number of Topliss-reactive ketones (excluding diaryl/α,β-unsaturated/α-hetero) is 1. The lowest BCUT2D eigenvalue weighted by Gasteiger charge is -2.31. The first-order valence-corrected chi connectivity index (χ1v) is 11.0.